The molecule has 4 heteroatoms. The van der Waals surface area contributed by atoms with Gasteiger partial charge in [-0.05, 0) is 68.0 Å². The van der Waals surface area contributed by atoms with Crippen LogP contribution in [0.15, 0.2) is 36.4 Å². The van der Waals surface area contributed by atoms with Gasteiger partial charge in [0.1, 0.15) is 11.9 Å². The van der Waals surface area contributed by atoms with Crippen LogP contribution in [0, 0.1) is 23.2 Å². The summed E-state index contributed by atoms with van der Waals surface area (Å²) in [6.45, 7) is 8.28. The zero-order valence-electron chi connectivity index (χ0n) is 17.2. The van der Waals surface area contributed by atoms with Crippen molar-refractivity contribution in [2.45, 2.75) is 51.6 Å². The lowest BCUT2D eigenvalue weighted by atomic mass is 9.55. The van der Waals surface area contributed by atoms with Gasteiger partial charge in [-0.1, -0.05) is 37.3 Å². The molecule has 2 aliphatic carbocycles. The lowest BCUT2D eigenvalue weighted by molar-refractivity contribution is -0.146. The summed E-state index contributed by atoms with van der Waals surface area (Å²) in [6.07, 6.45) is 6.66. The van der Waals surface area contributed by atoms with Crippen LogP contribution in [-0.2, 0) is 16.0 Å². The summed E-state index contributed by atoms with van der Waals surface area (Å²) in [6, 6.07) is 8.11. The molecular weight excluding hydrogens is 350 g/mol. The van der Waals surface area contributed by atoms with E-state index >= 15 is 0 Å². The number of esters is 1. The van der Waals surface area contributed by atoms with Crippen LogP contribution < -0.4 is 10.1 Å². The maximum Gasteiger partial charge on any atom is 0.310 e. The Morgan fingerprint density at radius 3 is 3.00 bits per heavy atom. The van der Waals surface area contributed by atoms with E-state index in [1.54, 1.807) is 7.11 Å². The number of carbonyl (C=O) groups excluding carboxylic acids is 1. The smallest absolute Gasteiger partial charge is 0.310 e. The number of ether oxygens (including phenoxy) is 2. The van der Waals surface area contributed by atoms with E-state index in [4.69, 9.17) is 9.47 Å². The summed E-state index contributed by atoms with van der Waals surface area (Å²) < 4.78 is 11.3. The van der Waals surface area contributed by atoms with Crippen molar-refractivity contribution in [3.05, 3.63) is 42.0 Å². The van der Waals surface area contributed by atoms with E-state index in [0.29, 0.717) is 18.4 Å². The predicted octanol–water partition coefficient (Wildman–Crippen LogP) is 4.14. The Balaban J connectivity index is 1.35. The molecule has 1 aliphatic heterocycles. The van der Waals surface area contributed by atoms with Crippen molar-refractivity contribution in [2.24, 2.45) is 23.2 Å². The highest BCUT2D eigenvalue weighted by atomic mass is 16.6. The lowest BCUT2D eigenvalue weighted by Gasteiger charge is -2.50. The summed E-state index contributed by atoms with van der Waals surface area (Å²) >= 11 is 0. The van der Waals surface area contributed by atoms with E-state index < -0.39 is 0 Å². The van der Waals surface area contributed by atoms with Gasteiger partial charge in [0, 0.05) is 12.5 Å². The van der Waals surface area contributed by atoms with Crippen molar-refractivity contribution in [1.82, 2.24) is 5.32 Å². The van der Waals surface area contributed by atoms with Crippen LogP contribution in [0.25, 0.3) is 0 Å². The summed E-state index contributed by atoms with van der Waals surface area (Å²) in [5.41, 5.74) is 2.86. The first kappa shape index (κ1) is 19.5. The van der Waals surface area contributed by atoms with Gasteiger partial charge in [0.05, 0.1) is 13.0 Å². The van der Waals surface area contributed by atoms with Gasteiger partial charge in [0.25, 0.3) is 0 Å². The number of fused-ring (bicyclic) bond motifs is 2. The number of carbonyl (C=O) groups is 1. The molecule has 1 heterocycles. The van der Waals surface area contributed by atoms with Crippen LogP contribution >= 0.6 is 0 Å². The van der Waals surface area contributed by atoms with Crippen LogP contribution in [0.4, 0.5) is 0 Å². The number of rotatable bonds is 6. The third-order valence-corrected chi connectivity index (χ3v) is 7.45. The Hall–Kier alpha value is -1.81. The maximum absolute atomic E-state index is 12.6. The Bertz CT molecular complexity index is 745. The topological polar surface area (TPSA) is 47.6 Å². The van der Waals surface area contributed by atoms with Crippen LogP contribution in [-0.4, -0.2) is 32.3 Å². The molecule has 0 unspecified atom stereocenters. The molecule has 0 bridgehead atoms. The molecule has 0 amide bonds. The quantitative estimate of drug-likeness (QED) is 0.456. The van der Waals surface area contributed by atoms with Crippen molar-refractivity contribution in [2.75, 3.05) is 20.2 Å². The highest BCUT2D eigenvalue weighted by Crippen LogP contribution is 2.56. The second-order valence-electron chi connectivity index (χ2n) is 9.17. The zero-order chi connectivity index (χ0) is 19.7. The molecule has 4 rings (SSSR count). The number of nitrogens with one attached hydrogen (secondary N) is 1. The number of allylic oxidation sites excluding steroid dienone is 1. The summed E-state index contributed by atoms with van der Waals surface area (Å²) in [4.78, 5) is 12.6. The van der Waals surface area contributed by atoms with E-state index in [0.717, 1.165) is 38.0 Å². The van der Waals surface area contributed by atoms with E-state index in [-0.39, 0.29) is 23.4 Å². The second-order valence-corrected chi connectivity index (χ2v) is 9.17. The van der Waals surface area contributed by atoms with Crippen LogP contribution in [0.1, 0.15) is 44.6 Å². The molecule has 152 valence electrons. The zero-order valence-corrected chi connectivity index (χ0v) is 17.2. The van der Waals surface area contributed by atoms with Crippen LogP contribution in [0.3, 0.4) is 0 Å². The SMILES string of the molecule is C=C1CCC[C@]2(C)C[C@H]3OC(=O)[C@@H](CNCCc4ccccc4OC)[C@@H]3C[C@H]12. The molecule has 3 aliphatic rings. The monoisotopic (exact) mass is 383 g/mol. The molecule has 0 spiro atoms. The number of methoxy groups -OCH3 is 1. The lowest BCUT2D eigenvalue weighted by Crippen LogP contribution is -2.45. The number of hydrogen-bond acceptors (Lipinski definition) is 4. The summed E-state index contributed by atoms with van der Waals surface area (Å²) in [7, 11) is 1.71. The molecule has 3 fully saturated rings. The first-order chi connectivity index (χ1) is 13.5. The van der Waals surface area contributed by atoms with Crippen molar-refractivity contribution >= 4 is 5.97 Å². The molecule has 1 aromatic carbocycles. The fourth-order valence-corrected chi connectivity index (χ4v) is 5.88. The molecule has 2 saturated carbocycles. The van der Waals surface area contributed by atoms with E-state index in [1.807, 2.05) is 18.2 Å². The van der Waals surface area contributed by atoms with Gasteiger partial charge in [0.15, 0.2) is 0 Å². The normalized spacial score (nSPS) is 34.5. The van der Waals surface area contributed by atoms with Gasteiger partial charge >= 0.3 is 5.97 Å². The van der Waals surface area contributed by atoms with Gasteiger partial charge in [-0.25, -0.2) is 0 Å². The minimum Gasteiger partial charge on any atom is -0.496 e. The second kappa shape index (κ2) is 7.90. The minimum atomic E-state index is -0.0260. The first-order valence-corrected chi connectivity index (χ1v) is 10.7. The van der Waals surface area contributed by atoms with E-state index in [1.165, 1.54) is 24.0 Å². The molecule has 5 atom stereocenters. The Kier molecular flexibility index (Phi) is 5.50. The molecule has 0 aromatic heterocycles. The number of hydrogen-bond donors (Lipinski definition) is 1. The van der Waals surface area contributed by atoms with E-state index in [9.17, 15) is 4.79 Å². The van der Waals surface area contributed by atoms with Gasteiger partial charge in [-0.2, -0.15) is 0 Å². The number of benzene rings is 1. The van der Waals surface area contributed by atoms with Gasteiger partial charge in [-0.15, -0.1) is 0 Å². The molecule has 1 N–H and O–H groups in total. The van der Waals surface area contributed by atoms with Crippen LogP contribution in [0.5, 0.6) is 5.75 Å². The molecule has 1 saturated heterocycles. The summed E-state index contributed by atoms with van der Waals surface area (Å²) in [5, 5.41) is 3.50. The van der Waals surface area contributed by atoms with Gasteiger partial charge in [0.2, 0.25) is 0 Å². The van der Waals surface area contributed by atoms with Crippen molar-refractivity contribution in [3.63, 3.8) is 0 Å². The van der Waals surface area contributed by atoms with E-state index in [2.05, 4.69) is 24.9 Å². The fraction of sp³-hybridized carbons (Fsp3) is 0.625. The Morgan fingerprint density at radius 2 is 2.18 bits per heavy atom. The molecule has 0 radical (unpaired) electrons. The third-order valence-electron chi connectivity index (χ3n) is 7.45. The van der Waals surface area contributed by atoms with Crippen molar-refractivity contribution < 1.29 is 14.3 Å². The summed E-state index contributed by atoms with van der Waals surface area (Å²) in [5.74, 6) is 1.77. The van der Waals surface area contributed by atoms with Gasteiger partial charge in [-0.3, -0.25) is 4.79 Å². The largest absolute Gasteiger partial charge is 0.496 e. The highest BCUT2D eigenvalue weighted by molar-refractivity contribution is 5.75. The third kappa shape index (κ3) is 3.59. The minimum absolute atomic E-state index is 0.00680. The fourth-order valence-electron chi connectivity index (χ4n) is 5.88. The molecule has 4 nitrogen and oxygen atoms in total. The molecule has 28 heavy (non-hydrogen) atoms. The average Bonchev–Trinajstić information content (AvgIpc) is 2.97. The first-order valence-electron chi connectivity index (χ1n) is 10.7. The average molecular weight is 384 g/mol. The van der Waals surface area contributed by atoms with Crippen molar-refractivity contribution in [1.29, 1.82) is 0 Å². The van der Waals surface area contributed by atoms with Crippen molar-refractivity contribution in [3.8, 4) is 5.75 Å². The Labute approximate surface area is 168 Å². The highest BCUT2D eigenvalue weighted by Gasteiger charge is 2.54. The standard InChI is InChI=1S/C24H33NO3/c1-16-7-6-11-24(2)14-22-18(13-20(16)24)19(23(26)28-22)15-25-12-10-17-8-4-5-9-21(17)27-3/h4-5,8-9,18-20,22,25H,1,6-7,10-15H2,2-3H3/t18-,19-,20+,22+,24+/m0/s1. The Morgan fingerprint density at radius 1 is 1.36 bits per heavy atom. The molecular formula is C24H33NO3. The van der Waals surface area contributed by atoms with Crippen LogP contribution in [0.2, 0.25) is 0 Å². The molecule has 1 aromatic rings. The maximum atomic E-state index is 12.6. The number of para-hydroxylation sites is 1. The van der Waals surface area contributed by atoms with Gasteiger partial charge < -0.3 is 14.8 Å². The predicted molar refractivity (Wildman–Crippen MR) is 110 cm³/mol.